The first-order chi connectivity index (χ1) is 7.66. The lowest BCUT2D eigenvalue weighted by Crippen LogP contribution is -2.40. The second-order valence-corrected chi connectivity index (χ2v) is 4.15. The minimum atomic E-state index is -0.375. The number of para-hydroxylation sites is 1. The van der Waals surface area contributed by atoms with Crippen LogP contribution in [0.1, 0.15) is 5.56 Å². The van der Waals surface area contributed by atoms with Crippen LogP contribution in [0.5, 0.6) is 0 Å². The van der Waals surface area contributed by atoms with E-state index in [2.05, 4.69) is 4.98 Å². The van der Waals surface area contributed by atoms with Crippen LogP contribution < -0.4 is 17.0 Å². The molecule has 3 N–H and O–H groups in total. The van der Waals surface area contributed by atoms with Gasteiger partial charge in [-0.2, -0.15) is 0 Å². The summed E-state index contributed by atoms with van der Waals surface area (Å²) in [7, 11) is 0. The molecule has 0 spiro atoms. The maximum absolute atomic E-state index is 11.7. The van der Waals surface area contributed by atoms with Crippen LogP contribution in [0, 0.1) is 0 Å². The summed E-state index contributed by atoms with van der Waals surface area (Å²) in [5.41, 5.74) is 6.89. The molecule has 90 valence electrons. The quantitative estimate of drug-likeness (QED) is 0.693. The monoisotopic (exact) mass is 253 g/mol. The molecule has 0 saturated carbocycles. The number of nitrogens with one attached hydrogen (secondary N) is 1. The van der Waals surface area contributed by atoms with Gasteiger partial charge in [-0.1, -0.05) is 12.1 Å². The molecular formula is C11H12ClN3O2. The van der Waals surface area contributed by atoms with E-state index in [1.54, 1.807) is 10.6 Å². The van der Waals surface area contributed by atoms with Gasteiger partial charge in [0.15, 0.2) is 0 Å². The largest absolute Gasteiger partial charge is 0.328 e. The second-order valence-electron chi connectivity index (χ2n) is 4.15. The number of nitrogens with two attached hydrogens (primary N) is 1. The molecule has 1 aliphatic heterocycles. The first-order valence-electron chi connectivity index (χ1n) is 5.17. The Morgan fingerprint density at radius 1 is 1.35 bits per heavy atom. The van der Waals surface area contributed by atoms with Crippen molar-refractivity contribution < 1.29 is 0 Å². The van der Waals surface area contributed by atoms with E-state index in [1.165, 1.54) is 0 Å². The Balaban J connectivity index is 0.00000108. The minimum Gasteiger partial charge on any atom is -0.326 e. The predicted molar refractivity (Wildman–Crippen MR) is 67.8 cm³/mol. The van der Waals surface area contributed by atoms with E-state index in [0.717, 1.165) is 11.1 Å². The van der Waals surface area contributed by atoms with Crippen molar-refractivity contribution in [2.24, 2.45) is 5.73 Å². The lowest BCUT2D eigenvalue weighted by atomic mass is 9.99. The molecule has 2 heterocycles. The average Bonchev–Trinajstić information content (AvgIpc) is 2.25. The maximum atomic E-state index is 11.7. The molecule has 3 rings (SSSR count). The Hall–Kier alpha value is -1.59. The molecule has 0 fully saturated rings. The third-order valence-electron chi connectivity index (χ3n) is 3.00. The Morgan fingerprint density at radius 3 is 2.88 bits per heavy atom. The van der Waals surface area contributed by atoms with Crippen LogP contribution in [-0.4, -0.2) is 15.6 Å². The van der Waals surface area contributed by atoms with Crippen molar-refractivity contribution in [3.8, 4) is 0 Å². The van der Waals surface area contributed by atoms with Gasteiger partial charge >= 0.3 is 5.69 Å². The molecule has 1 atom stereocenters. The van der Waals surface area contributed by atoms with Gasteiger partial charge in [-0.3, -0.25) is 14.3 Å². The summed E-state index contributed by atoms with van der Waals surface area (Å²) in [6, 6.07) is 5.39. The molecule has 0 bridgehead atoms. The molecule has 0 amide bonds. The van der Waals surface area contributed by atoms with E-state index >= 15 is 0 Å². The summed E-state index contributed by atoms with van der Waals surface area (Å²) in [5.74, 6) is 0. The molecule has 1 aromatic heterocycles. The summed E-state index contributed by atoms with van der Waals surface area (Å²) in [6.45, 7) is 0.461. The van der Waals surface area contributed by atoms with Gasteiger partial charge in [0.1, 0.15) is 0 Å². The number of rotatable bonds is 0. The molecule has 1 aromatic carbocycles. The number of nitrogens with zero attached hydrogens (tertiary/aromatic N) is 1. The normalized spacial score (nSPS) is 17.8. The van der Waals surface area contributed by atoms with E-state index in [0.29, 0.717) is 18.4 Å². The molecule has 5 nitrogen and oxygen atoms in total. The first-order valence-corrected chi connectivity index (χ1v) is 5.17. The van der Waals surface area contributed by atoms with E-state index in [9.17, 15) is 9.59 Å². The summed E-state index contributed by atoms with van der Waals surface area (Å²) >= 11 is 0. The van der Waals surface area contributed by atoms with E-state index in [1.807, 2.05) is 12.1 Å². The van der Waals surface area contributed by atoms with Crippen LogP contribution >= 0.6 is 12.4 Å². The van der Waals surface area contributed by atoms with Crippen LogP contribution in [0.2, 0.25) is 0 Å². The highest BCUT2D eigenvalue weighted by Crippen LogP contribution is 2.20. The molecule has 6 heteroatoms. The number of H-pyrrole nitrogens is 1. The third-order valence-corrected chi connectivity index (χ3v) is 3.00. The summed E-state index contributed by atoms with van der Waals surface area (Å²) in [6.07, 6.45) is 0.709. The zero-order chi connectivity index (χ0) is 11.3. The zero-order valence-electron chi connectivity index (χ0n) is 8.97. The van der Waals surface area contributed by atoms with Gasteiger partial charge in [-0.05, 0) is 18.1 Å². The molecule has 2 aromatic rings. The van der Waals surface area contributed by atoms with Crippen molar-refractivity contribution in [1.29, 1.82) is 0 Å². The standard InChI is InChI=1S/C11H11N3O2.ClH/c12-7-4-6-2-1-3-8-9(6)14(5-7)11(16)13-10(8)15;/h1-3,7H,4-5,12H2,(H,13,15,16);1H. The zero-order valence-corrected chi connectivity index (χ0v) is 9.79. The summed E-state index contributed by atoms with van der Waals surface area (Å²) in [5, 5.41) is 0.559. The topological polar surface area (TPSA) is 80.9 Å². The van der Waals surface area contributed by atoms with Crippen LogP contribution in [0.3, 0.4) is 0 Å². The van der Waals surface area contributed by atoms with Crippen molar-refractivity contribution in [2.75, 3.05) is 0 Å². The van der Waals surface area contributed by atoms with Crippen molar-refractivity contribution in [3.05, 3.63) is 44.6 Å². The van der Waals surface area contributed by atoms with Crippen molar-refractivity contribution in [1.82, 2.24) is 9.55 Å². The minimum absolute atomic E-state index is 0. The van der Waals surface area contributed by atoms with Gasteiger partial charge in [-0.15, -0.1) is 12.4 Å². The number of hydrogen-bond acceptors (Lipinski definition) is 3. The molecule has 0 radical (unpaired) electrons. The van der Waals surface area contributed by atoms with Crippen molar-refractivity contribution in [2.45, 2.75) is 19.0 Å². The Morgan fingerprint density at radius 2 is 2.12 bits per heavy atom. The maximum Gasteiger partial charge on any atom is 0.328 e. The number of aromatic amines is 1. The smallest absolute Gasteiger partial charge is 0.326 e. The van der Waals surface area contributed by atoms with Crippen molar-refractivity contribution >= 4 is 23.3 Å². The fraction of sp³-hybridized carbons (Fsp3) is 0.273. The first kappa shape index (κ1) is 11.9. The van der Waals surface area contributed by atoms with Crippen LogP contribution in [-0.2, 0) is 13.0 Å². The number of hydrogen-bond donors (Lipinski definition) is 2. The number of aromatic nitrogens is 2. The highest BCUT2D eigenvalue weighted by molar-refractivity contribution is 5.85. The van der Waals surface area contributed by atoms with Gasteiger partial charge in [0.25, 0.3) is 5.56 Å². The molecule has 0 saturated heterocycles. The Bertz CT molecular complexity index is 689. The van der Waals surface area contributed by atoms with Crippen LogP contribution in [0.4, 0.5) is 0 Å². The third kappa shape index (κ3) is 1.67. The lowest BCUT2D eigenvalue weighted by molar-refractivity contribution is 0.520. The molecule has 0 aliphatic carbocycles. The second kappa shape index (κ2) is 4.01. The Kier molecular flexibility index (Phi) is 2.81. The molecule has 1 aliphatic rings. The van der Waals surface area contributed by atoms with E-state index < -0.39 is 0 Å². The van der Waals surface area contributed by atoms with Crippen LogP contribution in [0.25, 0.3) is 10.9 Å². The van der Waals surface area contributed by atoms with Crippen LogP contribution in [0.15, 0.2) is 27.8 Å². The lowest BCUT2D eigenvalue weighted by Gasteiger charge is -2.23. The fourth-order valence-corrected chi connectivity index (χ4v) is 2.35. The van der Waals surface area contributed by atoms with Gasteiger partial charge in [0.05, 0.1) is 10.9 Å². The predicted octanol–water partition coefficient (Wildman–Crippen LogP) is -0.00500. The Labute approximate surface area is 103 Å². The SMILES string of the molecule is Cl.NC1Cc2cccc3c(=O)[nH]c(=O)n(c23)C1. The van der Waals surface area contributed by atoms with Gasteiger partial charge in [0, 0.05) is 12.6 Å². The van der Waals surface area contributed by atoms with E-state index in [4.69, 9.17) is 5.73 Å². The summed E-state index contributed by atoms with van der Waals surface area (Å²) < 4.78 is 1.56. The highest BCUT2D eigenvalue weighted by Gasteiger charge is 2.19. The molecule has 1 unspecified atom stereocenters. The highest BCUT2D eigenvalue weighted by atomic mass is 35.5. The molecular weight excluding hydrogens is 242 g/mol. The number of halogens is 1. The van der Waals surface area contributed by atoms with Gasteiger partial charge in [0.2, 0.25) is 0 Å². The summed E-state index contributed by atoms with van der Waals surface area (Å²) in [4.78, 5) is 25.6. The van der Waals surface area contributed by atoms with E-state index in [-0.39, 0.29) is 29.7 Å². The van der Waals surface area contributed by atoms with Crippen molar-refractivity contribution in [3.63, 3.8) is 0 Å². The molecule has 17 heavy (non-hydrogen) atoms. The van der Waals surface area contributed by atoms with Gasteiger partial charge < -0.3 is 5.73 Å². The average molecular weight is 254 g/mol. The number of benzene rings is 1. The van der Waals surface area contributed by atoms with Gasteiger partial charge in [-0.25, -0.2) is 4.79 Å². The fourth-order valence-electron chi connectivity index (χ4n) is 2.35.